The third-order valence-corrected chi connectivity index (χ3v) is 3.09. The number of hydrogen-bond acceptors (Lipinski definition) is 5. The topological polar surface area (TPSA) is 84.9 Å². The van der Waals surface area contributed by atoms with E-state index in [1.807, 2.05) is 13.8 Å². The minimum absolute atomic E-state index is 0.245. The Morgan fingerprint density at radius 1 is 0.880 bits per heavy atom. The predicted octanol–water partition coefficient (Wildman–Crippen LogP) is 3.85. The Morgan fingerprint density at radius 3 is 1.84 bits per heavy atom. The van der Waals surface area contributed by atoms with Crippen molar-refractivity contribution in [2.45, 2.75) is 59.7 Å². The van der Waals surface area contributed by atoms with Gasteiger partial charge in [0.2, 0.25) is 0 Å². The Bertz CT molecular complexity index is 608. The third kappa shape index (κ3) is 6.45. The Kier molecular flexibility index (Phi) is 7.42. The fourth-order valence-electron chi connectivity index (χ4n) is 1.91. The van der Waals surface area contributed by atoms with Crippen LogP contribution in [0.4, 0.5) is 9.59 Å². The smallest absolute Gasteiger partial charge is 0.436 e. The zero-order chi connectivity index (χ0) is 19.1. The maximum atomic E-state index is 12.6. The van der Waals surface area contributed by atoms with Crippen molar-refractivity contribution in [1.29, 1.82) is 0 Å². The van der Waals surface area contributed by atoms with Crippen LogP contribution in [0.3, 0.4) is 0 Å². The lowest BCUT2D eigenvalue weighted by molar-refractivity contribution is 0.0383. The second-order valence-corrected chi connectivity index (χ2v) is 6.42. The molecule has 0 bridgehead atoms. The zero-order valence-corrected chi connectivity index (χ0v) is 15.5. The Hall–Kier alpha value is -2.57. The van der Waals surface area contributed by atoms with E-state index in [2.05, 4.69) is 5.43 Å². The van der Waals surface area contributed by atoms with Crippen LogP contribution in [0.1, 0.15) is 63.4 Å². The van der Waals surface area contributed by atoms with E-state index in [4.69, 9.17) is 9.47 Å². The quantitative estimate of drug-likeness (QED) is 0.834. The van der Waals surface area contributed by atoms with Crippen molar-refractivity contribution in [2.75, 3.05) is 0 Å². The number of nitrogens with zero attached hydrogens (tertiary/aromatic N) is 1. The van der Waals surface area contributed by atoms with E-state index in [9.17, 15) is 14.4 Å². The van der Waals surface area contributed by atoms with Crippen molar-refractivity contribution in [3.8, 4) is 0 Å². The first-order valence-electron chi connectivity index (χ1n) is 8.24. The number of hydrazine groups is 1. The normalized spacial score (nSPS) is 10.8. The largest absolute Gasteiger partial charge is 0.446 e. The highest BCUT2D eigenvalue weighted by atomic mass is 16.6. The number of ether oxygens (including phenoxy) is 2. The molecule has 1 rings (SSSR count). The van der Waals surface area contributed by atoms with Gasteiger partial charge in [-0.25, -0.2) is 15.0 Å². The Labute approximate surface area is 148 Å². The van der Waals surface area contributed by atoms with Crippen LogP contribution in [0.2, 0.25) is 0 Å². The van der Waals surface area contributed by atoms with E-state index in [1.165, 1.54) is 0 Å². The summed E-state index contributed by atoms with van der Waals surface area (Å²) in [7, 11) is 0. The predicted molar refractivity (Wildman–Crippen MR) is 93.1 cm³/mol. The first kappa shape index (κ1) is 20.5. The standard InChI is InChI=1S/C18H26N2O5/c1-11(2)14-7-9-15(10-8-14)16(21)20(18(23)25-13(5)6)19-17(22)24-12(3)4/h7-13H,1-6H3,(H,19,22). The summed E-state index contributed by atoms with van der Waals surface area (Å²) in [6, 6.07) is 6.80. The number of rotatable bonds is 4. The van der Waals surface area contributed by atoms with Gasteiger partial charge in [-0.15, -0.1) is 5.01 Å². The highest BCUT2D eigenvalue weighted by Crippen LogP contribution is 2.16. The van der Waals surface area contributed by atoms with E-state index in [0.717, 1.165) is 5.56 Å². The SMILES string of the molecule is CC(C)OC(=O)NN(C(=O)OC(C)C)C(=O)c1ccc(C(C)C)cc1. The molecule has 0 saturated carbocycles. The highest BCUT2D eigenvalue weighted by molar-refractivity contribution is 6.03. The van der Waals surface area contributed by atoms with Crippen LogP contribution >= 0.6 is 0 Å². The van der Waals surface area contributed by atoms with Crippen molar-refractivity contribution in [2.24, 2.45) is 0 Å². The summed E-state index contributed by atoms with van der Waals surface area (Å²) in [5.41, 5.74) is 3.44. The number of benzene rings is 1. The van der Waals surface area contributed by atoms with Crippen LogP contribution in [0, 0.1) is 0 Å². The van der Waals surface area contributed by atoms with Gasteiger partial charge in [-0.3, -0.25) is 4.79 Å². The molecule has 1 aromatic carbocycles. The summed E-state index contributed by atoms with van der Waals surface area (Å²) in [4.78, 5) is 36.6. The Balaban J connectivity index is 3.01. The van der Waals surface area contributed by atoms with E-state index in [1.54, 1.807) is 52.0 Å². The van der Waals surface area contributed by atoms with Gasteiger partial charge in [-0.2, -0.15) is 0 Å². The molecule has 0 heterocycles. The molecule has 0 fully saturated rings. The van der Waals surface area contributed by atoms with Crippen LogP contribution < -0.4 is 5.43 Å². The van der Waals surface area contributed by atoms with E-state index < -0.39 is 30.3 Å². The van der Waals surface area contributed by atoms with Gasteiger partial charge in [-0.05, 0) is 51.3 Å². The molecule has 3 amide bonds. The lowest BCUT2D eigenvalue weighted by Gasteiger charge is -2.22. The number of imide groups is 1. The van der Waals surface area contributed by atoms with Crippen LogP contribution in [0.15, 0.2) is 24.3 Å². The highest BCUT2D eigenvalue weighted by Gasteiger charge is 2.28. The van der Waals surface area contributed by atoms with Gasteiger partial charge >= 0.3 is 12.2 Å². The number of carbonyl (C=O) groups excluding carboxylic acids is 3. The van der Waals surface area contributed by atoms with Crippen molar-refractivity contribution in [3.05, 3.63) is 35.4 Å². The third-order valence-electron chi connectivity index (χ3n) is 3.09. The lowest BCUT2D eigenvalue weighted by atomic mass is 10.0. The number of carbonyl (C=O) groups is 3. The minimum Gasteiger partial charge on any atom is -0.446 e. The molecular weight excluding hydrogens is 324 g/mol. The molecule has 0 spiro atoms. The van der Waals surface area contributed by atoms with Crippen LogP contribution in [-0.2, 0) is 9.47 Å². The second kappa shape index (κ2) is 9.05. The monoisotopic (exact) mass is 350 g/mol. The first-order chi connectivity index (χ1) is 11.6. The first-order valence-corrected chi connectivity index (χ1v) is 8.24. The molecular formula is C18H26N2O5. The maximum Gasteiger partial charge on any atom is 0.436 e. The average Bonchev–Trinajstić information content (AvgIpc) is 2.50. The van der Waals surface area contributed by atoms with Gasteiger partial charge in [0.1, 0.15) is 0 Å². The molecule has 0 unspecified atom stereocenters. The van der Waals surface area contributed by atoms with Crippen LogP contribution in [0.5, 0.6) is 0 Å². The molecule has 0 aliphatic heterocycles. The van der Waals surface area contributed by atoms with Gasteiger partial charge in [-0.1, -0.05) is 26.0 Å². The molecule has 1 aromatic rings. The van der Waals surface area contributed by atoms with Crippen molar-refractivity contribution >= 4 is 18.1 Å². The number of nitrogens with one attached hydrogen (secondary N) is 1. The van der Waals surface area contributed by atoms with Gasteiger partial charge < -0.3 is 9.47 Å². The molecule has 0 aliphatic rings. The summed E-state index contributed by atoms with van der Waals surface area (Å²) in [6.07, 6.45) is -2.74. The van der Waals surface area contributed by atoms with Crippen molar-refractivity contribution < 1.29 is 23.9 Å². The number of amides is 3. The van der Waals surface area contributed by atoms with Crippen LogP contribution in [-0.4, -0.2) is 35.3 Å². The van der Waals surface area contributed by atoms with Gasteiger partial charge in [0.25, 0.3) is 5.91 Å². The molecule has 7 heteroatoms. The summed E-state index contributed by atoms with van der Waals surface area (Å²) in [5.74, 6) is -0.396. The Morgan fingerprint density at radius 2 is 1.40 bits per heavy atom. The maximum absolute atomic E-state index is 12.6. The van der Waals surface area contributed by atoms with Crippen molar-refractivity contribution in [1.82, 2.24) is 10.4 Å². The molecule has 0 atom stereocenters. The molecule has 0 radical (unpaired) electrons. The van der Waals surface area contributed by atoms with E-state index in [-0.39, 0.29) is 5.56 Å². The van der Waals surface area contributed by atoms with E-state index in [0.29, 0.717) is 10.9 Å². The fourth-order valence-corrected chi connectivity index (χ4v) is 1.91. The summed E-state index contributed by atoms with van der Waals surface area (Å²) < 4.78 is 9.94. The molecule has 0 aromatic heterocycles. The van der Waals surface area contributed by atoms with Gasteiger partial charge in [0.15, 0.2) is 0 Å². The van der Waals surface area contributed by atoms with Gasteiger partial charge in [0, 0.05) is 5.56 Å². The molecule has 1 N–H and O–H groups in total. The zero-order valence-electron chi connectivity index (χ0n) is 15.5. The molecule has 7 nitrogen and oxygen atoms in total. The van der Waals surface area contributed by atoms with Crippen LogP contribution in [0.25, 0.3) is 0 Å². The lowest BCUT2D eigenvalue weighted by Crippen LogP contribution is -2.51. The minimum atomic E-state index is -0.978. The van der Waals surface area contributed by atoms with Crippen molar-refractivity contribution in [3.63, 3.8) is 0 Å². The molecule has 0 saturated heterocycles. The number of hydrogen-bond donors (Lipinski definition) is 1. The summed E-state index contributed by atoms with van der Waals surface area (Å²) in [5, 5.41) is 0.523. The molecule has 25 heavy (non-hydrogen) atoms. The molecule has 138 valence electrons. The average molecular weight is 350 g/mol. The molecule has 0 aliphatic carbocycles. The second-order valence-electron chi connectivity index (χ2n) is 6.42. The summed E-state index contributed by atoms with van der Waals surface area (Å²) in [6.45, 7) is 10.7. The fraction of sp³-hybridized carbons (Fsp3) is 0.500. The summed E-state index contributed by atoms with van der Waals surface area (Å²) >= 11 is 0. The van der Waals surface area contributed by atoms with Gasteiger partial charge in [0.05, 0.1) is 12.2 Å². The van der Waals surface area contributed by atoms with E-state index >= 15 is 0 Å².